The van der Waals surface area contributed by atoms with Crippen LogP contribution in [0.4, 0.5) is 0 Å². The molecule has 112 valence electrons. The third kappa shape index (κ3) is 8.56. The maximum atomic E-state index is 10.3. The molecule has 0 bridgehead atoms. The first-order valence-corrected chi connectivity index (χ1v) is 12.5. The van der Waals surface area contributed by atoms with Crippen molar-refractivity contribution in [2.75, 3.05) is 46.0 Å². The molecule has 0 aromatic carbocycles. The van der Waals surface area contributed by atoms with Crippen LogP contribution >= 0.6 is 6.83 Å². The van der Waals surface area contributed by atoms with Gasteiger partial charge in [0.05, 0.1) is 0 Å². The second-order valence-corrected chi connectivity index (χ2v) is 15.1. The van der Waals surface area contributed by atoms with Crippen LogP contribution in [0.15, 0.2) is 0 Å². The summed E-state index contributed by atoms with van der Waals surface area (Å²) in [6.07, 6.45) is 1.72. The van der Waals surface area contributed by atoms with E-state index in [1.807, 2.05) is 40.8 Å². The molecule has 0 spiro atoms. The van der Waals surface area contributed by atoms with Crippen molar-refractivity contribution in [2.24, 2.45) is 0 Å². The van der Waals surface area contributed by atoms with Crippen LogP contribution in [0, 0.1) is 0 Å². The van der Waals surface area contributed by atoms with Gasteiger partial charge in [-0.25, -0.2) is 0 Å². The Morgan fingerprint density at radius 3 is 1.56 bits per heavy atom. The van der Waals surface area contributed by atoms with E-state index in [4.69, 9.17) is 13.3 Å². The summed E-state index contributed by atoms with van der Waals surface area (Å²) in [4.78, 5) is 10.3. The van der Waals surface area contributed by atoms with Gasteiger partial charge in [0.25, 0.3) is 0 Å². The van der Waals surface area contributed by atoms with Crippen LogP contribution < -0.4 is 0 Å². The molecule has 4 nitrogen and oxygen atoms in total. The van der Waals surface area contributed by atoms with E-state index in [1.165, 1.54) is 0 Å². The summed E-state index contributed by atoms with van der Waals surface area (Å²) >= 11 is 0. The quantitative estimate of drug-likeness (QED) is 0.498. The van der Waals surface area contributed by atoms with E-state index in [0.29, 0.717) is 19.8 Å². The van der Waals surface area contributed by atoms with Crippen LogP contribution in [-0.4, -0.2) is 59.7 Å². The Morgan fingerprint density at radius 2 is 1.28 bits per heavy atom. The van der Waals surface area contributed by atoms with Gasteiger partial charge < -0.3 is 0 Å². The molecule has 0 atom stereocenters. The van der Waals surface area contributed by atoms with Gasteiger partial charge in [-0.3, -0.25) is 0 Å². The molecule has 0 aromatic rings. The molecule has 0 aliphatic heterocycles. The molecule has 18 heavy (non-hydrogen) atoms. The molecule has 0 aromatic heterocycles. The van der Waals surface area contributed by atoms with Gasteiger partial charge in [0, 0.05) is 0 Å². The van der Waals surface area contributed by atoms with Gasteiger partial charge in [-0.05, 0) is 0 Å². The van der Waals surface area contributed by atoms with Crippen LogP contribution in [0.3, 0.4) is 0 Å². The monoisotopic (exact) mass is 298 g/mol. The van der Waals surface area contributed by atoms with E-state index in [1.54, 1.807) is 0 Å². The van der Waals surface area contributed by atoms with Crippen molar-refractivity contribution in [3.63, 3.8) is 0 Å². The summed E-state index contributed by atoms with van der Waals surface area (Å²) in [6, 6.07) is 0.788. The molecule has 0 heterocycles. The van der Waals surface area contributed by atoms with Gasteiger partial charge in [0.1, 0.15) is 0 Å². The minimum absolute atomic E-state index is 0.610. The molecule has 0 rings (SSSR count). The van der Waals surface area contributed by atoms with E-state index in [9.17, 15) is 4.89 Å². The summed E-state index contributed by atoms with van der Waals surface area (Å²) < 4.78 is 17.4. The summed E-state index contributed by atoms with van der Waals surface area (Å²) in [6.45, 7) is 11.2. The molecular formula is C12H31O4PSi. The van der Waals surface area contributed by atoms with Crippen molar-refractivity contribution >= 4 is 15.6 Å². The second-order valence-electron chi connectivity index (χ2n) is 5.84. The van der Waals surface area contributed by atoms with E-state index in [0.717, 1.165) is 18.6 Å². The first-order chi connectivity index (χ1) is 8.14. The predicted octanol–water partition coefficient (Wildman–Crippen LogP) is 2.77. The Morgan fingerprint density at radius 1 is 0.889 bits per heavy atom. The van der Waals surface area contributed by atoms with Gasteiger partial charge in [0.2, 0.25) is 0 Å². The molecule has 0 saturated carbocycles. The van der Waals surface area contributed by atoms with E-state index in [2.05, 4.69) is 0 Å². The van der Waals surface area contributed by atoms with Gasteiger partial charge in [-0.15, -0.1) is 0 Å². The molecule has 0 radical (unpaired) electrons. The molecule has 0 fully saturated rings. The SMILES string of the molecule is CCO[Si](CCCP(C)(C)(C)O)(OCC)OCC. The van der Waals surface area contributed by atoms with Crippen molar-refractivity contribution in [3.05, 3.63) is 0 Å². The molecule has 0 unspecified atom stereocenters. The van der Waals surface area contributed by atoms with Crippen molar-refractivity contribution in [1.82, 2.24) is 0 Å². The van der Waals surface area contributed by atoms with E-state index in [-0.39, 0.29) is 0 Å². The van der Waals surface area contributed by atoms with Crippen LogP contribution in [0.5, 0.6) is 0 Å². The zero-order valence-electron chi connectivity index (χ0n) is 12.9. The summed E-state index contributed by atoms with van der Waals surface area (Å²) in [5.41, 5.74) is 0. The third-order valence-electron chi connectivity index (χ3n) is 2.50. The maximum absolute atomic E-state index is 10.3. The Labute approximate surface area is 113 Å². The fraction of sp³-hybridized carbons (Fsp3) is 1.00. The Balaban J connectivity index is 4.48. The van der Waals surface area contributed by atoms with Crippen molar-refractivity contribution in [1.29, 1.82) is 0 Å². The molecule has 0 aliphatic carbocycles. The van der Waals surface area contributed by atoms with E-state index < -0.39 is 15.6 Å². The fourth-order valence-corrected chi connectivity index (χ4v) is 6.00. The van der Waals surface area contributed by atoms with Crippen LogP contribution in [-0.2, 0) is 13.3 Å². The summed E-state index contributed by atoms with van der Waals surface area (Å²) in [5, 5.41) is 0. The van der Waals surface area contributed by atoms with Crippen LogP contribution in [0.1, 0.15) is 27.2 Å². The second kappa shape index (κ2) is 7.32. The number of hydrogen-bond donors (Lipinski definition) is 1. The van der Waals surface area contributed by atoms with Gasteiger partial charge in [-0.1, -0.05) is 0 Å². The Kier molecular flexibility index (Phi) is 7.52. The number of rotatable bonds is 10. The fourth-order valence-electron chi connectivity index (χ4n) is 1.84. The molecular weight excluding hydrogens is 267 g/mol. The predicted molar refractivity (Wildman–Crippen MR) is 81.8 cm³/mol. The molecule has 6 heteroatoms. The van der Waals surface area contributed by atoms with Gasteiger partial charge in [-0.2, -0.15) is 0 Å². The third-order valence-corrected chi connectivity index (χ3v) is 7.51. The number of hydrogen-bond acceptors (Lipinski definition) is 4. The summed E-state index contributed by atoms with van der Waals surface area (Å²) in [7, 11) is -2.52. The molecule has 0 saturated heterocycles. The van der Waals surface area contributed by atoms with Gasteiger partial charge in [0.15, 0.2) is 0 Å². The summed E-state index contributed by atoms with van der Waals surface area (Å²) in [5.74, 6) is 0. The van der Waals surface area contributed by atoms with Crippen molar-refractivity contribution in [2.45, 2.75) is 33.2 Å². The van der Waals surface area contributed by atoms with Crippen LogP contribution in [0.25, 0.3) is 0 Å². The Hall–Kier alpha value is 0.487. The first kappa shape index (κ1) is 18.5. The zero-order chi connectivity index (χ0) is 14.3. The molecule has 0 amide bonds. The topological polar surface area (TPSA) is 47.9 Å². The Bertz CT molecular complexity index is 214. The van der Waals surface area contributed by atoms with Crippen molar-refractivity contribution < 1.29 is 18.2 Å². The average molecular weight is 298 g/mol. The van der Waals surface area contributed by atoms with Gasteiger partial charge >= 0.3 is 113 Å². The minimum atomic E-state index is -2.52. The first-order valence-electron chi connectivity index (χ1n) is 6.81. The molecule has 1 N–H and O–H groups in total. The van der Waals surface area contributed by atoms with Crippen LogP contribution in [0.2, 0.25) is 6.04 Å². The normalized spacial score (nSPS) is 15.4. The average Bonchev–Trinajstić information content (AvgIpc) is 2.15. The standard InChI is InChI=1S/C12H31O4PSi/c1-7-14-18(15-8-2,16-9-3)12-10-11-17(4,5,6)13/h13H,7-12H2,1-6H3. The van der Waals surface area contributed by atoms with Crippen molar-refractivity contribution in [3.8, 4) is 0 Å². The van der Waals surface area contributed by atoms with E-state index >= 15 is 0 Å². The molecule has 0 aliphatic rings. The zero-order valence-corrected chi connectivity index (χ0v) is 14.8.